The Morgan fingerprint density at radius 2 is 2.08 bits per heavy atom. The van der Waals surface area contributed by atoms with Crippen LogP contribution in [0.1, 0.15) is 30.5 Å². The second-order valence-corrected chi connectivity index (χ2v) is 6.91. The van der Waals surface area contributed by atoms with Crippen molar-refractivity contribution < 1.29 is 4.79 Å². The molecule has 1 aromatic heterocycles. The number of benzene rings is 1. The maximum atomic E-state index is 12.9. The first-order valence-corrected chi connectivity index (χ1v) is 8.88. The van der Waals surface area contributed by atoms with Crippen molar-refractivity contribution in [2.45, 2.75) is 32.2 Å². The average Bonchev–Trinajstić information content (AvgIpc) is 3.27. The molecule has 5 heteroatoms. The minimum atomic E-state index is 0.126. The van der Waals surface area contributed by atoms with Gasteiger partial charge in [-0.3, -0.25) is 4.79 Å². The first-order valence-electron chi connectivity index (χ1n) is 8.88. The highest BCUT2D eigenvalue weighted by Crippen LogP contribution is 2.33. The third-order valence-electron chi connectivity index (χ3n) is 5.53. The van der Waals surface area contributed by atoms with Crippen LogP contribution in [-0.4, -0.2) is 33.7 Å². The lowest BCUT2D eigenvalue weighted by Gasteiger charge is -2.31. The van der Waals surface area contributed by atoms with Crippen LogP contribution >= 0.6 is 0 Å². The fraction of sp³-hybridized carbons (Fsp3) is 0.474. The zero-order valence-corrected chi connectivity index (χ0v) is 13.9. The third kappa shape index (κ3) is 2.63. The van der Waals surface area contributed by atoms with Crippen LogP contribution in [0, 0.1) is 11.8 Å². The van der Waals surface area contributed by atoms with E-state index < -0.39 is 0 Å². The van der Waals surface area contributed by atoms with Crippen molar-refractivity contribution >= 4 is 5.91 Å². The number of para-hydroxylation sites is 1. The summed E-state index contributed by atoms with van der Waals surface area (Å²) in [6.45, 7) is 2.08. The normalized spacial score (nSPS) is 23.3. The molecule has 1 aromatic carbocycles. The van der Waals surface area contributed by atoms with Crippen molar-refractivity contribution in [1.82, 2.24) is 14.7 Å². The Kier molecular flexibility index (Phi) is 4.10. The summed E-state index contributed by atoms with van der Waals surface area (Å²) in [5.41, 5.74) is 9.33. The van der Waals surface area contributed by atoms with E-state index in [0.717, 1.165) is 37.9 Å². The van der Waals surface area contributed by atoms with Gasteiger partial charge >= 0.3 is 0 Å². The van der Waals surface area contributed by atoms with Crippen LogP contribution in [0.25, 0.3) is 5.69 Å². The molecular weight excluding hydrogens is 300 g/mol. The summed E-state index contributed by atoms with van der Waals surface area (Å²) in [5.74, 6) is 0.785. The Bertz CT molecular complexity index is 724. The van der Waals surface area contributed by atoms with E-state index in [1.807, 2.05) is 34.0 Å². The minimum absolute atomic E-state index is 0.126. The van der Waals surface area contributed by atoms with Gasteiger partial charge in [0.15, 0.2) is 0 Å². The molecule has 1 saturated carbocycles. The smallest absolute Gasteiger partial charge is 0.226 e. The predicted molar refractivity (Wildman–Crippen MR) is 92.6 cm³/mol. The SMILES string of the molecule is NCC1CCCC1C(=O)N1CCc2c(cnn2-c2ccccc2)C1. The standard InChI is InChI=1S/C19H24N4O/c20-11-14-5-4-8-17(14)19(24)22-10-9-18-15(13-22)12-21-23(18)16-6-2-1-3-7-16/h1-3,6-7,12,14,17H,4-5,8-11,13,20H2. The van der Waals surface area contributed by atoms with E-state index in [1.165, 1.54) is 11.3 Å². The Morgan fingerprint density at radius 1 is 1.25 bits per heavy atom. The fourth-order valence-corrected chi connectivity index (χ4v) is 4.19. The second kappa shape index (κ2) is 6.40. The molecule has 2 atom stereocenters. The van der Waals surface area contributed by atoms with Crippen LogP contribution in [-0.2, 0) is 17.8 Å². The van der Waals surface area contributed by atoms with Crippen molar-refractivity contribution in [2.75, 3.05) is 13.1 Å². The number of nitrogens with two attached hydrogens (primary N) is 1. The lowest BCUT2D eigenvalue weighted by molar-refractivity contribution is -0.137. The van der Waals surface area contributed by atoms with Crippen molar-refractivity contribution in [3.05, 3.63) is 47.8 Å². The number of hydrogen-bond acceptors (Lipinski definition) is 3. The number of amides is 1. The summed E-state index contributed by atoms with van der Waals surface area (Å²) in [6, 6.07) is 10.2. The van der Waals surface area contributed by atoms with Crippen molar-refractivity contribution in [1.29, 1.82) is 0 Å². The van der Waals surface area contributed by atoms with Crippen LogP contribution < -0.4 is 5.73 Å². The van der Waals surface area contributed by atoms with Crippen molar-refractivity contribution in [3.63, 3.8) is 0 Å². The molecule has 24 heavy (non-hydrogen) atoms. The number of carbonyl (C=O) groups excluding carboxylic acids is 1. The molecule has 2 heterocycles. The van der Waals surface area contributed by atoms with E-state index in [9.17, 15) is 4.79 Å². The van der Waals surface area contributed by atoms with Crippen LogP contribution in [0.2, 0.25) is 0 Å². The Labute approximate surface area is 142 Å². The highest BCUT2D eigenvalue weighted by Gasteiger charge is 2.36. The van der Waals surface area contributed by atoms with Gasteiger partial charge in [0, 0.05) is 31.0 Å². The molecule has 0 saturated heterocycles. The van der Waals surface area contributed by atoms with E-state index in [4.69, 9.17) is 5.73 Å². The summed E-state index contributed by atoms with van der Waals surface area (Å²) < 4.78 is 2.01. The zero-order valence-electron chi connectivity index (χ0n) is 13.9. The molecular formula is C19H24N4O. The number of nitrogens with zero attached hydrogens (tertiary/aromatic N) is 3. The van der Waals surface area contributed by atoms with Gasteiger partial charge < -0.3 is 10.6 Å². The maximum absolute atomic E-state index is 12.9. The molecule has 126 valence electrons. The zero-order chi connectivity index (χ0) is 16.5. The predicted octanol–water partition coefficient (Wildman–Crippen LogP) is 2.13. The highest BCUT2D eigenvalue weighted by molar-refractivity contribution is 5.79. The third-order valence-corrected chi connectivity index (χ3v) is 5.53. The molecule has 1 amide bonds. The molecule has 1 aliphatic heterocycles. The molecule has 2 aliphatic rings. The van der Waals surface area contributed by atoms with Gasteiger partial charge in [-0.25, -0.2) is 4.68 Å². The number of hydrogen-bond donors (Lipinski definition) is 1. The Hall–Kier alpha value is -2.14. The maximum Gasteiger partial charge on any atom is 0.226 e. The van der Waals surface area contributed by atoms with Gasteiger partial charge in [-0.2, -0.15) is 5.10 Å². The summed E-state index contributed by atoms with van der Waals surface area (Å²) in [6.07, 6.45) is 5.99. The van der Waals surface area contributed by atoms with E-state index >= 15 is 0 Å². The first-order chi connectivity index (χ1) is 11.8. The number of aromatic nitrogens is 2. The lowest BCUT2D eigenvalue weighted by Crippen LogP contribution is -2.42. The number of rotatable bonds is 3. The monoisotopic (exact) mass is 324 g/mol. The summed E-state index contributed by atoms with van der Waals surface area (Å²) in [7, 11) is 0. The van der Waals surface area contributed by atoms with Crippen molar-refractivity contribution in [3.8, 4) is 5.69 Å². The van der Waals surface area contributed by atoms with Crippen LogP contribution in [0.3, 0.4) is 0 Å². The Morgan fingerprint density at radius 3 is 2.88 bits per heavy atom. The van der Waals surface area contributed by atoms with Gasteiger partial charge in [-0.15, -0.1) is 0 Å². The number of carbonyl (C=O) groups is 1. The molecule has 4 rings (SSSR count). The van der Waals surface area contributed by atoms with E-state index in [-0.39, 0.29) is 5.92 Å². The molecule has 0 radical (unpaired) electrons. The lowest BCUT2D eigenvalue weighted by atomic mass is 9.93. The van der Waals surface area contributed by atoms with Gasteiger partial charge in [-0.1, -0.05) is 24.6 Å². The summed E-state index contributed by atoms with van der Waals surface area (Å²) in [5, 5.41) is 4.55. The largest absolute Gasteiger partial charge is 0.338 e. The van der Waals surface area contributed by atoms with Crippen LogP contribution in [0.15, 0.2) is 36.5 Å². The van der Waals surface area contributed by atoms with Gasteiger partial charge in [0.05, 0.1) is 17.6 Å². The van der Waals surface area contributed by atoms with E-state index in [2.05, 4.69) is 17.2 Å². The highest BCUT2D eigenvalue weighted by atomic mass is 16.2. The minimum Gasteiger partial charge on any atom is -0.338 e. The summed E-state index contributed by atoms with van der Waals surface area (Å²) in [4.78, 5) is 14.9. The molecule has 2 N–H and O–H groups in total. The van der Waals surface area contributed by atoms with Crippen LogP contribution in [0.4, 0.5) is 0 Å². The molecule has 0 bridgehead atoms. The van der Waals surface area contributed by atoms with Gasteiger partial charge in [0.2, 0.25) is 5.91 Å². The Balaban J connectivity index is 1.53. The molecule has 2 aromatic rings. The summed E-state index contributed by atoms with van der Waals surface area (Å²) >= 11 is 0. The van der Waals surface area contributed by atoms with Gasteiger partial charge in [0.1, 0.15) is 0 Å². The fourth-order valence-electron chi connectivity index (χ4n) is 4.19. The van der Waals surface area contributed by atoms with E-state index in [1.54, 1.807) is 0 Å². The first kappa shape index (κ1) is 15.4. The molecule has 0 spiro atoms. The quantitative estimate of drug-likeness (QED) is 0.941. The topological polar surface area (TPSA) is 64.2 Å². The van der Waals surface area contributed by atoms with E-state index in [0.29, 0.717) is 24.9 Å². The molecule has 1 fully saturated rings. The van der Waals surface area contributed by atoms with Gasteiger partial charge in [0.25, 0.3) is 0 Å². The van der Waals surface area contributed by atoms with Gasteiger partial charge in [-0.05, 0) is 37.4 Å². The van der Waals surface area contributed by atoms with Crippen LogP contribution in [0.5, 0.6) is 0 Å². The second-order valence-electron chi connectivity index (χ2n) is 6.91. The molecule has 2 unspecified atom stereocenters. The van der Waals surface area contributed by atoms with Crippen molar-refractivity contribution in [2.24, 2.45) is 17.6 Å². The average molecular weight is 324 g/mol. The number of fused-ring (bicyclic) bond motifs is 1. The molecule has 1 aliphatic carbocycles. The molecule has 5 nitrogen and oxygen atoms in total.